The normalized spacial score (nSPS) is 14.3. The Balaban J connectivity index is 1.51. The number of ether oxygens (including phenoxy) is 1. The molecule has 4 aromatic rings. The summed E-state index contributed by atoms with van der Waals surface area (Å²) in [7, 11) is 0. The van der Waals surface area contributed by atoms with Gasteiger partial charge in [0.2, 0.25) is 0 Å². The van der Waals surface area contributed by atoms with Gasteiger partial charge in [-0.25, -0.2) is 14.2 Å². The Hall–Kier alpha value is -3.64. The minimum atomic E-state index is -0.544. The lowest BCUT2D eigenvalue weighted by molar-refractivity contribution is 0.0475. The second-order valence-electron chi connectivity index (χ2n) is 7.88. The van der Waals surface area contributed by atoms with Crippen molar-refractivity contribution in [2.75, 3.05) is 6.61 Å². The number of pyridine rings is 1. The van der Waals surface area contributed by atoms with Gasteiger partial charge in [0.1, 0.15) is 5.82 Å². The number of esters is 1. The molecule has 2 aromatic carbocycles. The summed E-state index contributed by atoms with van der Waals surface area (Å²) in [4.78, 5) is 31.8. The molecule has 0 aliphatic heterocycles. The number of allylic oxidation sites excluding steroid dienone is 1. The van der Waals surface area contributed by atoms with E-state index in [0.717, 1.165) is 34.5 Å². The van der Waals surface area contributed by atoms with Crippen LogP contribution in [0.25, 0.3) is 22.6 Å². The van der Waals surface area contributed by atoms with Crippen LogP contribution in [0.15, 0.2) is 66.0 Å². The summed E-state index contributed by atoms with van der Waals surface area (Å²) >= 11 is 1.66. The van der Waals surface area contributed by atoms with Gasteiger partial charge in [0.15, 0.2) is 12.4 Å². The number of carbonyl (C=O) groups is 2. The number of ketones is 1. The molecule has 1 aliphatic carbocycles. The first-order valence-electron chi connectivity index (χ1n) is 10.7. The van der Waals surface area contributed by atoms with Gasteiger partial charge in [-0.15, -0.1) is 11.3 Å². The number of hydrogen-bond acceptors (Lipinski definition) is 5. The van der Waals surface area contributed by atoms with E-state index in [-0.39, 0.29) is 5.78 Å². The SMILES string of the molecule is O=C(COC(=O)c1c2c(nc3ccccc13)/C(=C\c1cccs1)CCC2)c1ccc(F)cc1. The van der Waals surface area contributed by atoms with E-state index >= 15 is 0 Å². The number of Topliss-reactive ketones (excluding diaryl/α,β-unsaturated/α-hetero) is 1. The zero-order valence-corrected chi connectivity index (χ0v) is 18.5. The van der Waals surface area contributed by atoms with Crippen molar-refractivity contribution in [3.63, 3.8) is 0 Å². The van der Waals surface area contributed by atoms with E-state index in [1.165, 1.54) is 24.3 Å². The third-order valence-electron chi connectivity index (χ3n) is 5.73. The second kappa shape index (κ2) is 9.08. The molecule has 0 atom stereocenters. The Morgan fingerprint density at radius 2 is 1.85 bits per heavy atom. The van der Waals surface area contributed by atoms with E-state index in [2.05, 4.69) is 12.1 Å². The molecule has 2 heterocycles. The van der Waals surface area contributed by atoms with E-state index in [4.69, 9.17) is 9.72 Å². The highest BCUT2D eigenvalue weighted by atomic mass is 32.1. The van der Waals surface area contributed by atoms with E-state index in [0.29, 0.717) is 28.5 Å². The van der Waals surface area contributed by atoms with Gasteiger partial charge in [0.05, 0.1) is 16.8 Å². The molecule has 1 aliphatic rings. The predicted octanol–water partition coefficient (Wildman–Crippen LogP) is 6.35. The number of aromatic nitrogens is 1. The molecule has 0 bridgehead atoms. The maximum Gasteiger partial charge on any atom is 0.339 e. The van der Waals surface area contributed by atoms with Crippen LogP contribution in [0.2, 0.25) is 0 Å². The van der Waals surface area contributed by atoms with E-state index in [1.807, 2.05) is 35.7 Å². The summed E-state index contributed by atoms with van der Waals surface area (Å²) in [5.74, 6) is -1.35. The van der Waals surface area contributed by atoms with Crippen molar-refractivity contribution >= 4 is 45.6 Å². The second-order valence-corrected chi connectivity index (χ2v) is 8.86. The van der Waals surface area contributed by atoms with Crippen molar-refractivity contribution in [1.29, 1.82) is 0 Å². The van der Waals surface area contributed by atoms with Crippen LogP contribution >= 0.6 is 11.3 Å². The number of nitrogens with zero attached hydrogens (tertiary/aromatic N) is 1. The molecule has 0 fully saturated rings. The summed E-state index contributed by atoms with van der Waals surface area (Å²) in [6.07, 6.45) is 4.63. The highest BCUT2D eigenvalue weighted by Crippen LogP contribution is 2.36. The third kappa shape index (κ3) is 4.34. The van der Waals surface area contributed by atoms with Crippen LogP contribution in [0.1, 0.15) is 49.7 Å². The first-order valence-corrected chi connectivity index (χ1v) is 11.6. The third-order valence-corrected chi connectivity index (χ3v) is 6.55. The van der Waals surface area contributed by atoms with Crippen molar-refractivity contribution in [2.45, 2.75) is 19.3 Å². The topological polar surface area (TPSA) is 56.3 Å². The minimum absolute atomic E-state index is 0.298. The fourth-order valence-corrected chi connectivity index (χ4v) is 4.86. The molecular weight excluding hydrogens is 437 g/mol. The van der Waals surface area contributed by atoms with Crippen molar-refractivity contribution in [3.05, 3.63) is 99.1 Å². The molecule has 6 heteroatoms. The zero-order chi connectivity index (χ0) is 22.8. The maximum atomic E-state index is 13.3. The van der Waals surface area contributed by atoms with Gasteiger partial charge < -0.3 is 4.74 Å². The van der Waals surface area contributed by atoms with Gasteiger partial charge in [0, 0.05) is 15.8 Å². The van der Waals surface area contributed by atoms with Gasteiger partial charge in [-0.1, -0.05) is 24.3 Å². The van der Waals surface area contributed by atoms with Crippen LogP contribution in [0.5, 0.6) is 0 Å². The molecule has 0 radical (unpaired) electrons. The Labute approximate surface area is 194 Å². The fourth-order valence-electron chi connectivity index (χ4n) is 4.18. The number of halogens is 1. The lowest BCUT2D eigenvalue weighted by atomic mass is 9.86. The van der Waals surface area contributed by atoms with Crippen molar-refractivity contribution in [1.82, 2.24) is 4.98 Å². The smallest absolute Gasteiger partial charge is 0.339 e. The van der Waals surface area contributed by atoms with Crippen LogP contribution in [-0.2, 0) is 11.2 Å². The van der Waals surface area contributed by atoms with Gasteiger partial charge in [0.25, 0.3) is 0 Å². The lowest BCUT2D eigenvalue weighted by Crippen LogP contribution is -2.18. The van der Waals surface area contributed by atoms with Gasteiger partial charge in [-0.3, -0.25) is 4.79 Å². The summed E-state index contributed by atoms with van der Waals surface area (Å²) in [5, 5.41) is 2.75. The van der Waals surface area contributed by atoms with Gasteiger partial charge in [-0.2, -0.15) is 0 Å². The Morgan fingerprint density at radius 3 is 2.64 bits per heavy atom. The standard InChI is InChI=1S/C27H20FNO3S/c28-19-12-10-17(11-13-19)24(30)16-32-27(31)25-21-7-1-2-9-23(21)29-26-18(5-3-8-22(25)26)15-20-6-4-14-33-20/h1-2,4,6-7,9-15H,3,5,8,16H2/b18-15-. The largest absolute Gasteiger partial charge is 0.454 e. The maximum absolute atomic E-state index is 13.3. The predicted molar refractivity (Wildman–Crippen MR) is 128 cm³/mol. The van der Waals surface area contributed by atoms with Crippen molar-refractivity contribution in [2.24, 2.45) is 0 Å². The lowest BCUT2D eigenvalue weighted by Gasteiger charge is -2.22. The molecule has 5 rings (SSSR count). The first kappa shape index (κ1) is 21.2. The average Bonchev–Trinajstić information content (AvgIpc) is 3.35. The monoisotopic (exact) mass is 457 g/mol. The average molecular weight is 458 g/mol. The van der Waals surface area contributed by atoms with E-state index in [9.17, 15) is 14.0 Å². The first-order chi connectivity index (χ1) is 16.1. The molecule has 0 unspecified atom stereocenters. The van der Waals surface area contributed by atoms with E-state index in [1.54, 1.807) is 11.3 Å². The van der Waals surface area contributed by atoms with Crippen LogP contribution in [-0.4, -0.2) is 23.3 Å². The highest BCUT2D eigenvalue weighted by molar-refractivity contribution is 7.10. The van der Waals surface area contributed by atoms with E-state index < -0.39 is 18.4 Å². The van der Waals surface area contributed by atoms with Gasteiger partial charge >= 0.3 is 5.97 Å². The van der Waals surface area contributed by atoms with Crippen LogP contribution in [0.3, 0.4) is 0 Å². The van der Waals surface area contributed by atoms with Crippen LogP contribution < -0.4 is 0 Å². The number of fused-ring (bicyclic) bond motifs is 2. The van der Waals surface area contributed by atoms with Crippen molar-refractivity contribution < 1.29 is 18.7 Å². The molecule has 2 aromatic heterocycles. The quantitative estimate of drug-likeness (QED) is 0.259. The van der Waals surface area contributed by atoms with Gasteiger partial charge in [-0.05, 0) is 78.3 Å². The number of carbonyl (C=O) groups excluding carboxylic acids is 2. The molecule has 4 nitrogen and oxygen atoms in total. The number of thiophene rings is 1. The zero-order valence-electron chi connectivity index (χ0n) is 17.7. The molecule has 0 spiro atoms. The summed E-state index contributed by atoms with van der Waals surface area (Å²) < 4.78 is 18.6. The summed E-state index contributed by atoms with van der Waals surface area (Å²) in [6.45, 7) is -0.409. The van der Waals surface area contributed by atoms with Crippen molar-refractivity contribution in [3.8, 4) is 0 Å². The summed E-state index contributed by atoms with van der Waals surface area (Å²) in [5.41, 5.74) is 4.27. The molecule has 0 amide bonds. The molecule has 33 heavy (non-hydrogen) atoms. The number of para-hydroxylation sites is 1. The number of benzene rings is 2. The fraction of sp³-hybridized carbons (Fsp3) is 0.148. The molecule has 0 N–H and O–H groups in total. The highest BCUT2D eigenvalue weighted by Gasteiger charge is 2.26. The molecular formula is C27H20FNO3S. The molecule has 0 saturated carbocycles. The van der Waals surface area contributed by atoms with Crippen LogP contribution in [0, 0.1) is 5.82 Å². The summed E-state index contributed by atoms with van der Waals surface area (Å²) in [6, 6.07) is 16.8. The van der Waals surface area contributed by atoms with Crippen LogP contribution in [0.4, 0.5) is 4.39 Å². The Bertz CT molecular complexity index is 1370. The Morgan fingerprint density at radius 1 is 1.03 bits per heavy atom. The molecule has 0 saturated heterocycles. The number of rotatable bonds is 5. The molecule has 164 valence electrons. The Kier molecular flexibility index (Phi) is 5.84. The minimum Gasteiger partial charge on any atom is -0.454 e. The number of hydrogen-bond donors (Lipinski definition) is 0.